The van der Waals surface area contributed by atoms with Gasteiger partial charge in [-0.3, -0.25) is 9.59 Å². The lowest BCUT2D eigenvalue weighted by atomic mass is 10.2. The van der Waals surface area contributed by atoms with Crippen LogP contribution in [0.1, 0.15) is 28.2 Å². The lowest BCUT2D eigenvalue weighted by molar-refractivity contribution is -0.144. The number of ether oxygens (including phenoxy) is 1. The second kappa shape index (κ2) is 8.20. The van der Waals surface area contributed by atoms with E-state index in [1.165, 1.54) is 0 Å². The molecule has 6 nitrogen and oxygen atoms in total. The molecule has 0 fully saturated rings. The Morgan fingerprint density at radius 1 is 0.962 bits per heavy atom. The molecule has 1 heterocycles. The lowest BCUT2D eigenvalue weighted by Gasteiger charge is -2.08. The Kier molecular flexibility index (Phi) is 5.53. The molecule has 3 rings (SSSR count). The number of fused-ring (bicyclic) bond motifs is 1. The zero-order valence-corrected chi connectivity index (χ0v) is 14.4. The molecule has 0 aliphatic rings. The molecule has 0 aliphatic carbocycles. The van der Waals surface area contributed by atoms with Gasteiger partial charge in [-0.1, -0.05) is 30.3 Å². The fraction of sp³-hybridized carbons (Fsp3) is 0.200. The highest BCUT2D eigenvalue weighted by Gasteiger charge is 2.10. The standard InChI is InChI=1S/C20H19N3O3/c1-14-18(23-17-10-6-5-9-16(17)22-14)13-26-19(24)11-12-21-20(25)15-7-3-2-4-8-15/h2-10H,11-13H2,1H3,(H,21,25). The van der Waals surface area contributed by atoms with Crippen molar-refractivity contribution in [2.45, 2.75) is 20.0 Å². The molecule has 0 spiro atoms. The molecule has 0 unspecified atom stereocenters. The van der Waals surface area contributed by atoms with E-state index < -0.39 is 5.97 Å². The van der Waals surface area contributed by atoms with Crippen LogP contribution in [-0.2, 0) is 16.1 Å². The van der Waals surface area contributed by atoms with Gasteiger partial charge < -0.3 is 10.1 Å². The maximum absolute atomic E-state index is 11.9. The van der Waals surface area contributed by atoms with Crippen LogP contribution >= 0.6 is 0 Å². The molecule has 0 aliphatic heterocycles. The lowest BCUT2D eigenvalue weighted by Crippen LogP contribution is -2.26. The first-order chi connectivity index (χ1) is 12.6. The smallest absolute Gasteiger partial charge is 0.307 e. The molecular weight excluding hydrogens is 330 g/mol. The summed E-state index contributed by atoms with van der Waals surface area (Å²) < 4.78 is 5.25. The Labute approximate surface area is 151 Å². The van der Waals surface area contributed by atoms with Crippen LogP contribution in [-0.4, -0.2) is 28.4 Å². The van der Waals surface area contributed by atoms with E-state index >= 15 is 0 Å². The highest BCUT2D eigenvalue weighted by atomic mass is 16.5. The SMILES string of the molecule is Cc1nc2ccccc2nc1COC(=O)CCNC(=O)c1ccccc1. The quantitative estimate of drug-likeness (QED) is 0.692. The van der Waals surface area contributed by atoms with Crippen molar-refractivity contribution in [3.8, 4) is 0 Å². The number of carbonyl (C=O) groups is 2. The van der Waals surface area contributed by atoms with Gasteiger partial charge in [-0.15, -0.1) is 0 Å². The molecule has 1 amide bonds. The Hall–Kier alpha value is -3.28. The Balaban J connectivity index is 1.48. The van der Waals surface area contributed by atoms with E-state index in [1.54, 1.807) is 24.3 Å². The van der Waals surface area contributed by atoms with Crippen molar-refractivity contribution in [3.05, 3.63) is 71.5 Å². The van der Waals surface area contributed by atoms with Crippen molar-refractivity contribution in [3.63, 3.8) is 0 Å². The van der Waals surface area contributed by atoms with E-state index in [0.717, 1.165) is 16.7 Å². The minimum atomic E-state index is -0.396. The molecule has 132 valence electrons. The second-order valence-electron chi connectivity index (χ2n) is 5.78. The van der Waals surface area contributed by atoms with Gasteiger partial charge in [0.05, 0.1) is 28.8 Å². The first-order valence-electron chi connectivity index (χ1n) is 8.34. The van der Waals surface area contributed by atoms with Gasteiger partial charge >= 0.3 is 5.97 Å². The van der Waals surface area contributed by atoms with Gasteiger partial charge in [-0.2, -0.15) is 0 Å². The molecule has 0 radical (unpaired) electrons. The van der Waals surface area contributed by atoms with E-state index in [-0.39, 0.29) is 25.5 Å². The number of amides is 1. The van der Waals surface area contributed by atoms with E-state index in [9.17, 15) is 9.59 Å². The van der Waals surface area contributed by atoms with Crippen molar-refractivity contribution >= 4 is 22.9 Å². The minimum absolute atomic E-state index is 0.0646. The van der Waals surface area contributed by atoms with Crippen molar-refractivity contribution < 1.29 is 14.3 Å². The highest BCUT2D eigenvalue weighted by Crippen LogP contribution is 2.13. The molecule has 1 aromatic heterocycles. The third-order valence-corrected chi connectivity index (χ3v) is 3.86. The minimum Gasteiger partial charge on any atom is -0.459 e. The van der Waals surface area contributed by atoms with E-state index in [1.807, 2.05) is 37.3 Å². The first kappa shape index (κ1) is 17.5. The molecular formula is C20H19N3O3. The Morgan fingerprint density at radius 3 is 2.35 bits per heavy atom. The molecule has 0 saturated carbocycles. The van der Waals surface area contributed by atoms with E-state index in [2.05, 4.69) is 15.3 Å². The van der Waals surface area contributed by atoms with Crippen LogP contribution in [0.5, 0.6) is 0 Å². The molecule has 1 N–H and O–H groups in total. The van der Waals surface area contributed by atoms with Gasteiger partial charge in [0, 0.05) is 12.1 Å². The fourth-order valence-corrected chi connectivity index (χ4v) is 2.45. The monoisotopic (exact) mass is 349 g/mol. The molecule has 0 saturated heterocycles. The number of aryl methyl sites for hydroxylation is 1. The van der Waals surface area contributed by atoms with Crippen LogP contribution in [0.3, 0.4) is 0 Å². The molecule has 26 heavy (non-hydrogen) atoms. The van der Waals surface area contributed by atoms with E-state index in [0.29, 0.717) is 11.3 Å². The van der Waals surface area contributed by atoms with Gasteiger partial charge in [-0.25, -0.2) is 9.97 Å². The number of nitrogens with one attached hydrogen (secondary N) is 1. The first-order valence-corrected chi connectivity index (χ1v) is 8.34. The van der Waals surface area contributed by atoms with Gasteiger partial charge in [0.1, 0.15) is 6.61 Å². The highest BCUT2D eigenvalue weighted by molar-refractivity contribution is 5.94. The zero-order valence-electron chi connectivity index (χ0n) is 14.4. The second-order valence-corrected chi connectivity index (χ2v) is 5.78. The number of hydrogen-bond donors (Lipinski definition) is 1. The van der Waals surface area contributed by atoms with Crippen LogP contribution in [0.2, 0.25) is 0 Å². The number of benzene rings is 2. The van der Waals surface area contributed by atoms with Gasteiger partial charge in [0.2, 0.25) is 0 Å². The average Bonchev–Trinajstić information content (AvgIpc) is 2.67. The molecule has 6 heteroatoms. The van der Waals surface area contributed by atoms with Gasteiger partial charge in [0.25, 0.3) is 5.91 Å². The van der Waals surface area contributed by atoms with Crippen molar-refractivity contribution in [2.75, 3.05) is 6.54 Å². The summed E-state index contributed by atoms with van der Waals surface area (Å²) >= 11 is 0. The largest absolute Gasteiger partial charge is 0.459 e. The number of nitrogens with zero attached hydrogens (tertiary/aromatic N) is 2. The summed E-state index contributed by atoms with van der Waals surface area (Å²) in [5.41, 5.74) is 3.49. The van der Waals surface area contributed by atoms with Crippen LogP contribution < -0.4 is 5.32 Å². The molecule has 0 atom stereocenters. The summed E-state index contributed by atoms with van der Waals surface area (Å²) in [5, 5.41) is 2.70. The third-order valence-electron chi connectivity index (χ3n) is 3.86. The summed E-state index contributed by atoms with van der Waals surface area (Å²) in [6, 6.07) is 16.4. The number of para-hydroxylation sites is 2. The summed E-state index contributed by atoms with van der Waals surface area (Å²) in [4.78, 5) is 32.7. The van der Waals surface area contributed by atoms with Gasteiger partial charge in [-0.05, 0) is 31.2 Å². The Bertz CT molecular complexity index is 926. The van der Waals surface area contributed by atoms with Crippen LogP contribution in [0.15, 0.2) is 54.6 Å². The average molecular weight is 349 g/mol. The topological polar surface area (TPSA) is 81.2 Å². The van der Waals surface area contributed by atoms with Crippen LogP contribution in [0, 0.1) is 6.92 Å². The zero-order chi connectivity index (χ0) is 18.4. The predicted molar refractivity (Wildman–Crippen MR) is 97.5 cm³/mol. The summed E-state index contributed by atoms with van der Waals surface area (Å²) in [5.74, 6) is -0.609. The Morgan fingerprint density at radius 2 is 1.62 bits per heavy atom. The maximum atomic E-state index is 11.9. The summed E-state index contributed by atoms with van der Waals surface area (Å²) in [6.07, 6.45) is 0.0959. The molecule has 0 bridgehead atoms. The fourth-order valence-electron chi connectivity index (χ4n) is 2.45. The number of hydrogen-bond acceptors (Lipinski definition) is 5. The number of aromatic nitrogens is 2. The van der Waals surface area contributed by atoms with Crippen LogP contribution in [0.4, 0.5) is 0 Å². The van der Waals surface area contributed by atoms with E-state index in [4.69, 9.17) is 4.74 Å². The summed E-state index contributed by atoms with van der Waals surface area (Å²) in [6.45, 7) is 2.12. The third kappa shape index (κ3) is 4.42. The van der Waals surface area contributed by atoms with Crippen LogP contribution in [0.25, 0.3) is 11.0 Å². The maximum Gasteiger partial charge on any atom is 0.307 e. The van der Waals surface area contributed by atoms with Gasteiger partial charge in [0.15, 0.2) is 0 Å². The molecule has 3 aromatic rings. The van der Waals surface area contributed by atoms with Crippen molar-refractivity contribution in [2.24, 2.45) is 0 Å². The van der Waals surface area contributed by atoms with Crippen molar-refractivity contribution in [1.82, 2.24) is 15.3 Å². The number of carbonyl (C=O) groups excluding carboxylic acids is 2. The number of rotatable bonds is 6. The van der Waals surface area contributed by atoms with Crippen molar-refractivity contribution in [1.29, 1.82) is 0 Å². The summed E-state index contributed by atoms with van der Waals surface area (Å²) in [7, 11) is 0. The number of esters is 1. The normalized spacial score (nSPS) is 10.5. The molecule has 2 aromatic carbocycles. The predicted octanol–water partition coefficient (Wildman–Crippen LogP) is 2.80.